The van der Waals surface area contributed by atoms with Gasteiger partial charge >= 0.3 is 0 Å². The van der Waals surface area contributed by atoms with Crippen LogP contribution in [-0.4, -0.2) is 63.5 Å². The highest BCUT2D eigenvalue weighted by atomic mass is 16.3. The molecule has 0 fully saturated rings. The second-order valence-electron chi connectivity index (χ2n) is 4.31. The zero-order valence-electron chi connectivity index (χ0n) is 9.66. The predicted molar refractivity (Wildman–Crippen MR) is 61.6 cm³/mol. The molecule has 4 atom stereocenters. The van der Waals surface area contributed by atoms with E-state index in [0.29, 0.717) is 0 Å². The Morgan fingerprint density at radius 1 is 1.56 bits per heavy atom. The Kier molecular flexibility index (Phi) is 3.07. The van der Waals surface area contributed by atoms with Gasteiger partial charge in [-0.1, -0.05) is 0 Å². The first-order valence-electron chi connectivity index (χ1n) is 5.41. The Morgan fingerprint density at radius 2 is 2.22 bits per heavy atom. The second kappa shape index (κ2) is 4.28. The molecule has 9 heteroatoms. The van der Waals surface area contributed by atoms with Crippen molar-refractivity contribution < 1.29 is 20.1 Å². The van der Waals surface area contributed by atoms with Crippen LogP contribution in [0.3, 0.4) is 0 Å². The summed E-state index contributed by atoms with van der Waals surface area (Å²) < 4.78 is 0. The lowest BCUT2D eigenvalue weighted by Crippen LogP contribution is -2.72. The Hall–Kier alpha value is -1.55. The van der Waals surface area contributed by atoms with Crippen LogP contribution < -0.4 is 16.4 Å². The van der Waals surface area contributed by atoms with Gasteiger partial charge in [0.05, 0.1) is 24.8 Å². The number of hydrogen-bond acceptors (Lipinski definition) is 8. The minimum atomic E-state index is -2.14. The summed E-state index contributed by atoms with van der Waals surface area (Å²) in [4.78, 5) is 19.3. The fourth-order valence-corrected chi connectivity index (χ4v) is 1.84. The molecule has 1 amide bonds. The van der Waals surface area contributed by atoms with Crippen molar-refractivity contribution in [3.05, 3.63) is 0 Å². The number of carbonyl (C=O) groups is 1. The molecule has 2 rings (SSSR count). The van der Waals surface area contributed by atoms with Crippen LogP contribution >= 0.6 is 0 Å². The molecule has 2 aliphatic heterocycles. The van der Waals surface area contributed by atoms with E-state index in [0.717, 1.165) is 0 Å². The molecule has 2 aliphatic rings. The molecule has 2 heterocycles. The zero-order valence-corrected chi connectivity index (χ0v) is 9.66. The molecular formula is C9H15N5O4. The number of fused-ring (bicyclic) bond motifs is 1. The zero-order chi connectivity index (χ0) is 13.5. The van der Waals surface area contributed by atoms with E-state index in [1.54, 1.807) is 0 Å². The number of nitrogens with two attached hydrogens (primary N) is 1. The summed E-state index contributed by atoms with van der Waals surface area (Å²) in [5.41, 5.74) is 3.21. The molecule has 0 saturated heterocycles. The van der Waals surface area contributed by atoms with Gasteiger partial charge in [0, 0.05) is 0 Å². The molecule has 0 aromatic heterocycles. The van der Waals surface area contributed by atoms with Gasteiger partial charge in [0.2, 0.25) is 5.96 Å². The van der Waals surface area contributed by atoms with Crippen LogP contribution in [0.5, 0.6) is 0 Å². The van der Waals surface area contributed by atoms with Crippen molar-refractivity contribution >= 4 is 17.7 Å². The summed E-state index contributed by atoms with van der Waals surface area (Å²) in [6.45, 7) is 1.46. The molecule has 0 aromatic rings. The SMILES string of the molecule is C[C@@H](O)[C@@H](O)[C@H]1CN=C2N=C(N)NC(=O)[C@]2(O)N1. The average Bonchev–Trinajstić information content (AvgIpc) is 2.29. The van der Waals surface area contributed by atoms with Crippen LogP contribution in [0.4, 0.5) is 0 Å². The van der Waals surface area contributed by atoms with Gasteiger partial charge in [-0.2, -0.15) is 4.99 Å². The van der Waals surface area contributed by atoms with Gasteiger partial charge in [0.1, 0.15) is 0 Å². The van der Waals surface area contributed by atoms with E-state index in [1.807, 2.05) is 0 Å². The fraction of sp³-hybridized carbons (Fsp3) is 0.667. The van der Waals surface area contributed by atoms with Crippen molar-refractivity contribution in [3.8, 4) is 0 Å². The summed E-state index contributed by atoms with van der Waals surface area (Å²) >= 11 is 0. The maximum Gasteiger partial charge on any atom is 0.282 e. The van der Waals surface area contributed by atoms with E-state index in [-0.39, 0.29) is 18.3 Å². The van der Waals surface area contributed by atoms with Gasteiger partial charge in [0.25, 0.3) is 11.6 Å². The highest BCUT2D eigenvalue weighted by Crippen LogP contribution is 2.17. The number of guanidine groups is 1. The van der Waals surface area contributed by atoms with Crippen molar-refractivity contribution in [1.29, 1.82) is 0 Å². The molecular weight excluding hydrogens is 242 g/mol. The van der Waals surface area contributed by atoms with E-state index < -0.39 is 29.9 Å². The standard InChI is InChI=1S/C9H15N5O4/c1-3(15)5(16)4-2-11-6-9(18,14-4)7(17)13-8(10)12-6/h3-5,14-16,18H,2H2,1H3,(H3,10,11,12,13,17)/t3-,4-,5-,9+/m1/s1. The van der Waals surface area contributed by atoms with E-state index in [1.165, 1.54) is 6.92 Å². The molecule has 0 aromatic carbocycles. The normalized spacial score (nSPS) is 34.9. The number of carbonyl (C=O) groups excluding carboxylic acids is 1. The summed E-state index contributed by atoms with van der Waals surface area (Å²) in [6, 6.07) is -0.765. The molecule has 0 radical (unpaired) electrons. The number of amidine groups is 1. The van der Waals surface area contributed by atoms with Crippen LogP contribution in [-0.2, 0) is 4.79 Å². The molecule has 18 heavy (non-hydrogen) atoms. The minimum absolute atomic E-state index is 0.0633. The summed E-state index contributed by atoms with van der Waals surface area (Å²) in [5.74, 6) is -1.13. The summed E-state index contributed by atoms with van der Waals surface area (Å²) in [7, 11) is 0. The maximum absolute atomic E-state index is 11.7. The van der Waals surface area contributed by atoms with Crippen molar-refractivity contribution in [2.24, 2.45) is 15.7 Å². The van der Waals surface area contributed by atoms with E-state index in [4.69, 9.17) is 5.73 Å². The third-order valence-electron chi connectivity index (χ3n) is 2.86. The number of nitrogens with zero attached hydrogens (tertiary/aromatic N) is 2. The highest BCUT2D eigenvalue weighted by Gasteiger charge is 2.50. The van der Waals surface area contributed by atoms with E-state index in [2.05, 4.69) is 20.6 Å². The lowest BCUT2D eigenvalue weighted by atomic mass is 10.00. The number of aliphatic hydroxyl groups is 3. The van der Waals surface area contributed by atoms with E-state index >= 15 is 0 Å². The largest absolute Gasteiger partial charge is 0.391 e. The first kappa shape index (κ1) is 12.9. The molecule has 100 valence electrons. The van der Waals surface area contributed by atoms with Crippen LogP contribution in [0.15, 0.2) is 9.98 Å². The van der Waals surface area contributed by atoms with Crippen LogP contribution in [0.1, 0.15) is 6.92 Å². The monoisotopic (exact) mass is 257 g/mol. The first-order chi connectivity index (χ1) is 8.34. The Labute approximate surface area is 102 Å². The van der Waals surface area contributed by atoms with Crippen LogP contribution in [0.25, 0.3) is 0 Å². The third-order valence-corrected chi connectivity index (χ3v) is 2.86. The quantitative estimate of drug-likeness (QED) is 0.298. The van der Waals surface area contributed by atoms with Crippen molar-refractivity contribution in [2.75, 3.05) is 6.54 Å². The lowest BCUT2D eigenvalue weighted by molar-refractivity contribution is -0.137. The molecule has 0 aliphatic carbocycles. The predicted octanol–water partition coefficient (Wildman–Crippen LogP) is -3.77. The molecule has 0 saturated carbocycles. The Bertz CT molecular complexity index is 435. The number of amides is 1. The average molecular weight is 257 g/mol. The van der Waals surface area contributed by atoms with Crippen molar-refractivity contribution in [3.63, 3.8) is 0 Å². The second-order valence-corrected chi connectivity index (χ2v) is 4.31. The lowest BCUT2D eigenvalue weighted by Gasteiger charge is -2.38. The molecule has 0 unspecified atom stereocenters. The number of rotatable bonds is 2. The number of aliphatic imine (C=N–C) groups is 2. The minimum Gasteiger partial charge on any atom is -0.391 e. The number of hydrogen-bond donors (Lipinski definition) is 6. The first-order valence-corrected chi connectivity index (χ1v) is 5.41. The summed E-state index contributed by atoms with van der Waals surface area (Å²) in [5, 5.41) is 33.9. The van der Waals surface area contributed by atoms with Gasteiger partial charge in [-0.25, -0.2) is 0 Å². The highest BCUT2D eigenvalue weighted by molar-refractivity contribution is 6.21. The summed E-state index contributed by atoms with van der Waals surface area (Å²) in [6.07, 6.45) is -2.20. The van der Waals surface area contributed by atoms with E-state index in [9.17, 15) is 20.1 Å². The van der Waals surface area contributed by atoms with Crippen molar-refractivity contribution in [1.82, 2.24) is 10.6 Å². The van der Waals surface area contributed by atoms with Gasteiger partial charge in [0.15, 0.2) is 5.84 Å². The van der Waals surface area contributed by atoms with Gasteiger partial charge in [-0.05, 0) is 6.92 Å². The van der Waals surface area contributed by atoms with Gasteiger partial charge in [-0.15, -0.1) is 0 Å². The fourth-order valence-electron chi connectivity index (χ4n) is 1.84. The molecule has 9 nitrogen and oxygen atoms in total. The number of aliphatic hydroxyl groups excluding tert-OH is 2. The van der Waals surface area contributed by atoms with Crippen molar-refractivity contribution in [2.45, 2.75) is 30.9 Å². The molecule has 0 bridgehead atoms. The topological polar surface area (TPSA) is 153 Å². The Balaban J connectivity index is 2.29. The van der Waals surface area contributed by atoms with Gasteiger partial charge < -0.3 is 21.1 Å². The Morgan fingerprint density at radius 3 is 2.83 bits per heavy atom. The maximum atomic E-state index is 11.7. The van der Waals surface area contributed by atoms with Gasteiger partial charge in [-0.3, -0.25) is 20.4 Å². The van der Waals surface area contributed by atoms with Crippen LogP contribution in [0.2, 0.25) is 0 Å². The smallest absolute Gasteiger partial charge is 0.282 e. The number of nitrogens with one attached hydrogen (secondary N) is 2. The third kappa shape index (κ3) is 1.97. The molecule has 7 N–H and O–H groups in total. The molecule has 0 spiro atoms. The van der Waals surface area contributed by atoms with Crippen LogP contribution in [0, 0.1) is 0 Å².